The van der Waals surface area contributed by atoms with Crippen LogP contribution in [0.5, 0.6) is 17.2 Å². The van der Waals surface area contributed by atoms with Crippen molar-refractivity contribution in [3.05, 3.63) is 17.7 Å². The third-order valence-corrected chi connectivity index (χ3v) is 4.75. The molecule has 0 spiro atoms. The van der Waals surface area contributed by atoms with E-state index < -0.39 is 0 Å². The Bertz CT molecular complexity index is 678. The van der Waals surface area contributed by atoms with E-state index in [2.05, 4.69) is 5.32 Å². The summed E-state index contributed by atoms with van der Waals surface area (Å²) >= 11 is 0. The minimum Gasteiger partial charge on any atom is -0.493 e. The molecule has 1 aromatic rings. The van der Waals surface area contributed by atoms with Gasteiger partial charge in [0, 0.05) is 38.6 Å². The molecule has 0 saturated carbocycles. The van der Waals surface area contributed by atoms with Gasteiger partial charge < -0.3 is 29.3 Å². The lowest BCUT2D eigenvalue weighted by Gasteiger charge is -2.36. The van der Waals surface area contributed by atoms with E-state index in [9.17, 15) is 9.59 Å². The standard InChI is InChI=1S/C19H29N3O5.ClH/c1-13(12-20-2)18(23)21-8-10-22(11-9-21)19(24)14-6-7-15(25-3)17(27-5)16(14)26-4;/h6-7,13,20H,8-12H2,1-5H3;1H. The summed E-state index contributed by atoms with van der Waals surface area (Å²) in [6.45, 7) is 4.55. The van der Waals surface area contributed by atoms with E-state index in [1.807, 2.05) is 18.9 Å². The van der Waals surface area contributed by atoms with Gasteiger partial charge in [-0.1, -0.05) is 6.92 Å². The van der Waals surface area contributed by atoms with Crippen LogP contribution in [0.3, 0.4) is 0 Å². The zero-order chi connectivity index (χ0) is 20.0. The minimum absolute atomic E-state index is 0. The van der Waals surface area contributed by atoms with Gasteiger partial charge in [0.15, 0.2) is 11.5 Å². The lowest BCUT2D eigenvalue weighted by atomic mass is 10.1. The quantitative estimate of drug-likeness (QED) is 0.722. The maximum absolute atomic E-state index is 13.0. The second-order valence-electron chi connectivity index (χ2n) is 6.46. The van der Waals surface area contributed by atoms with Gasteiger partial charge in [0.05, 0.1) is 26.9 Å². The van der Waals surface area contributed by atoms with E-state index in [1.165, 1.54) is 21.3 Å². The lowest BCUT2D eigenvalue weighted by molar-refractivity contribution is -0.136. The van der Waals surface area contributed by atoms with E-state index in [0.717, 1.165) is 0 Å². The fourth-order valence-corrected chi connectivity index (χ4v) is 3.28. The average Bonchev–Trinajstić information content (AvgIpc) is 2.71. The number of amides is 2. The van der Waals surface area contributed by atoms with Crippen LogP contribution in [-0.4, -0.2) is 82.7 Å². The molecule has 2 amide bonds. The fourth-order valence-electron chi connectivity index (χ4n) is 3.28. The highest BCUT2D eigenvalue weighted by Crippen LogP contribution is 2.40. The first kappa shape index (κ1) is 23.8. The van der Waals surface area contributed by atoms with E-state index >= 15 is 0 Å². The molecule has 1 unspecified atom stereocenters. The van der Waals surface area contributed by atoms with Crippen LogP contribution in [0.2, 0.25) is 0 Å². The molecule has 8 nitrogen and oxygen atoms in total. The molecule has 1 aromatic carbocycles. The molecule has 1 heterocycles. The third kappa shape index (κ3) is 4.99. The van der Waals surface area contributed by atoms with Gasteiger partial charge in [-0.05, 0) is 19.2 Å². The maximum atomic E-state index is 13.0. The minimum atomic E-state index is -0.150. The number of nitrogens with one attached hydrogen (secondary N) is 1. The van der Waals surface area contributed by atoms with Crippen molar-refractivity contribution in [3.8, 4) is 17.2 Å². The summed E-state index contributed by atoms with van der Waals surface area (Å²) in [4.78, 5) is 29.0. The van der Waals surface area contributed by atoms with Crippen LogP contribution in [-0.2, 0) is 4.79 Å². The topological polar surface area (TPSA) is 80.3 Å². The number of hydrogen-bond acceptors (Lipinski definition) is 6. The van der Waals surface area contributed by atoms with Crippen LogP contribution in [0.1, 0.15) is 17.3 Å². The molecule has 1 atom stereocenters. The Labute approximate surface area is 172 Å². The SMILES string of the molecule is CNCC(C)C(=O)N1CCN(C(=O)c2ccc(OC)c(OC)c2OC)CC1.Cl. The predicted octanol–water partition coefficient (Wildman–Crippen LogP) is 1.27. The highest BCUT2D eigenvalue weighted by atomic mass is 35.5. The number of benzene rings is 1. The van der Waals surface area contributed by atoms with Crippen molar-refractivity contribution in [3.63, 3.8) is 0 Å². The Hall–Kier alpha value is -2.19. The number of carbonyl (C=O) groups excluding carboxylic acids is 2. The number of methoxy groups -OCH3 is 3. The van der Waals surface area contributed by atoms with Crippen molar-refractivity contribution >= 4 is 24.2 Å². The monoisotopic (exact) mass is 415 g/mol. The average molecular weight is 416 g/mol. The van der Waals surface area contributed by atoms with Crippen LogP contribution in [0.25, 0.3) is 0 Å². The first-order valence-corrected chi connectivity index (χ1v) is 9.00. The van der Waals surface area contributed by atoms with Crippen molar-refractivity contribution < 1.29 is 23.8 Å². The summed E-state index contributed by atoms with van der Waals surface area (Å²) < 4.78 is 16.0. The van der Waals surface area contributed by atoms with Crippen molar-refractivity contribution in [2.75, 3.05) is 61.1 Å². The maximum Gasteiger partial charge on any atom is 0.257 e. The van der Waals surface area contributed by atoms with Gasteiger partial charge in [0.2, 0.25) is 11.7 Å². The summed E-state index contributed by atoms with van der Waals surface area (Å²) in [6.07, 6.45) is 0. The number of rotatable bonds is 7. The van der Waals surface area contributed by atoms with Crippen LogP contribution in [0.15, 0.2) is 12.1 Å². The molecule has 158 valence electrons. The second-order valence-corrected chi connectivity index (χ2v) is 6.46. The largest absolute Gasteiger partial charge is 0.493 e. The van der Waals surface area contributed by atoms with Gasteiger partial charge in [-0.15, -0.1) is 12.4 Å². The number of halogens is 1. The summed E-state index contributed by atoms with van der Waals surface area (Å²) in [5.41, 5.74) is 0.415. The summed E-state index contributed by atoms with van der Waals surface area (Å²) in [5, 5.41) is 3.02. The normalized spacial score (nSPS) is 14.8. The number of carbonyl (C=O) groups is 2. The number of nitrogens with zero attached hydrogens (tertiary/aromatic N) is 2. The lowest BCUT2D eigenvalue weighted by Crippen LogP contribution is -2.52. The Morgan fingerprint density at radius 3 is 2.07 bits per heavy atom. The van der Waals surface area contributed by atoms with Gasteiger partial charge >= 0.3 is 0 Å². The molecule has 0 aliphatic carbocycles. The highest BCUT2D eigenvalue weighted by molar-refractivity contribution is 5.98. The molecular formula is C19H30ClN3O5. The molecule has 0 aromatic heterocycles. The zero-order valence-electron chi connectivity index (χ0n) is 17.1. The Morgan fingerprint density at radius 1 is 1.00 bits per heavy atom. The van der Waals surface area contributed by atoms with E-state index in [0.29, 0.717) is 55.5 Å². The molecule has 1 saturated heterocycles. The summed E-state index contributed by atoms with van der Waals surface area (Å²) in [5.74, 6) is 1.12. The first-order valence-electron chi connectivity index (χ1n) is 9.00. The molecule has 0 radical (unpaired) electrons. The van der Waals surface area contributed by atoms with Crippen LogP contribution in [0.4, 0.5) is 0 Å². The van der Waals surface area contributed by atoms with Crippen LogP contribution >= 0.6 is 12.4 Å². The van der Waals surface area contributed by atoms with Crippen molar-refractivity contribution in [1.82, 2.24) is 15.1 Å². The molecule has 1 N–H and O–H groups in total. The Morgan fingerprint density at radius 2 is 1.57 bits per heavy atom. The molecule has 0 bridgehead atoms. The van der Waals surface area contributed by atoms with Crippen LogP contribution in [0, 0.1) is 5.92 Å². The third-order valence-electron chi connectivity index (χ3n) is 4.75. The molecule has 2 rings (SSSR count). The number of piperazine rings is 1. The van der Waals surface area contributed by atoms with Crippen molar-refractivity contribution in [1.29, 1.82) is 0 Å². The Balaban J connectivity index is 0.00000392. The number of ether oxygens (including phenoxy) is 3. The molecule has 1 fully saturated rings. The van der Waals surface area contributed by atoms with Crippen molar-refractivity contribution in [2.45, 2.75) is 6.92 Å². The van der Waals surface area contributed by atoms with Crippen molar-refractivity contribution in [2.24, 2.45) is 5.92 Å². The van der Waals surface area contributed by atoms with Gasteiger partial charge in [-0.25, -0.2) is 0 Å². The van der Waals surface area contributed by atoms with Crippen LogP contribution < -0.4 is 19.5 Å². The van der Waals surface area contributed by atoms with Gasteiger partial charge in [-0.3, -0.25) is 9.59 Å². The number of hydrogen-bond donors (Lipinski definition) is 1. The van der Waals surface area contributed by atoms with E-state index in [-0.39, 0.29) is 30.1 Å². The molecule has 1 aliphatic heterocycles. The summed E-state index contributed by atoms with van der Waals surface area (Å²) in [6, 6.07) is 3.36. The Kier molecular flexibility index (Phi) is 9.34. The second kappa shape index (κ2) is 11.0. The zero-order valence-corrected chi connectivity index (χ0v) is 17.9. The van der Waals surface area contributed by atoms with E-state index in [1.54, 1.807) is 17.0 Å². The first-order chi connectivity index (χ1) is 13.0. The molecule has 1 aliphatic rings. The highest BCUT2D eigenvalue weighted by Gasteiger charge is 2.29. The molecular weight excluding hydrogens is 386 g/mol. The molecule has 9 heteroatoms. The van der Waals surface area contributed by atoms with Gasteiger partial charge in [0.1, 0.15) is 0 Å². The fraction of sp³-hybridized carbons (Fsp3) is 0.579. The summed E-state index contributed by atoms with van der Waals surface area (Å²) in [7, 11) is 6.36. The van der Waals surface area contributed by atoms with E-state index in [4.69, 9.17) is 14.2 Å². The van der Waals surface area contributed by atoms with Gasteiger partial charge in [0.25, 0.3) is 5.91 Å². The van der Waals surface area contributed by atoms with Gasteiger partial charge in [-0.2, -0.15) is 0 Å². The molecule has 28 heavy (non-hydrogen) atoms. The smallest absolute Gasteiger partial charge is 0.257 e. The predicted molar refractivity (Wildman–Crippen MR) is 109 cm³/mol.